The van der Waals surface area contributed by atoms with Crippen molar-refractivity contribution in [3.05, 3.63) is 35.6 Å². The molecule has 4 nitrogen and oxygen atoms in total. The summed E-state index contributed by atoms with van der Waals surface area (Å²) in [7, 11) is 0. The number of carbonyl (C=O) groups excluding carboxylic acids is 2. The highest BCUT2D eigenvalue weighted by Gasteiger charge is 2.53. The first-order valence-electron chi connectivity index (χ1n) is 11.8. The minimum Gasteiger partial charge on any atom is -0.353 e. The number of halogens is 1. The third-order valence-electron chi connectivity index (χ3n) is 8.53. The van der Waals surface area contributed by atoms with Gasteiger partial charge in [-0.25, -0.2) is 4.39 Å². The normalized spacial score (nSPS) is 35.9. The summed E-state index contributed by atoms with van der Waals surface area (Å²) in [4.78, 5) is 27.7. The zero-order valence-electron chi connectivity index (χ0n) is 17.9. The molecule has 0 spiro atoms. The lowest BCUT2D eigenvalue weighted by Crippen LogP contribution is -2.57. The van der Waals surface area contributed by atoms with Crippen LogP contribution >= 0.6 is 0 Å². The lowest BCUT2D eigenvalue weighted by molar-refractivity contribution is -0.131. The van der Waals surface area contributed by atoms with Gasteiger partial charge in [-0.05, 0) is 106 Å². The van der Waals surface area contributed by atoms with Crippen molar-refractivity contribution in [2.24, 2.45) is 29.1 Å². The third-order valence-corrected chi connectivity index (χ3v) is 8.53. The molecule has 1 heterocycles. The number of rotatable bonds is 4. The average molecular weight is 413 g/mol. The number of likely N-dealkylation sites (tertiary alicyclic amines) is 1. The lowest BCUT2D eigenvalue weighted by atomic mass is 9.48. The summed E-state index contributed by atoms with van der Waals surface area (Å²) in [6, 6.07) is 5.89. The Morgan fingerprint density at radius 3 is 2.27 bits per heavy atom. The molecule has 30 heavy (non-hydrogen) atoms. The van der Waals surface area contributed by atoms with E-state index in [1.54, 1.807) is 4.90 Å². The van der Waals surface area contributed by atoms with E-state index in [0.717, 1.165) is 30.6 Å². The van der Waals surface area contributed by atoms with Gasteiger partial charge >= 0.3 is 0 Å². The SMILES string of the molecule is CC(NC(=O)C1CCCN(C(=O)c2ccc(F)cc2)C1)C12CC3CC(CC(C3)C1)C2. The highest BCUT2D eigenvalue weighted by molar-refractivity contribution is 5.94. The molecular formula is C25H33FN2O2. The van der Waals surface area contributed by atoms with Crippen molar-refractivity contribution < 1.29 is 14.0 Å². The standard InChI is InChI=1S/C25H33FN2O2/c1-16(25-12-17-9-18(13-25)11-19(10-17)14-25)27-23(29)21-3-2-8-28(15-21)24(30)20-4-6-22(26)7-5-20/h4-7,16-19,21H,2-3,8-15H2,1H3,(H,27,29). The Balaban J connectivity index is 1.22. The molecular weight excluding hydrogens is 379 g/mol. The van der Waals surface area contributed by atoms with Gasteiger partial charge in [0.25, 0.3) is 5.91 Å². The molecule has 0 aromatic heterocycles. The fraction of sp³-hybridized carbons (Fsp3) is 0.680. The predicted molar refractivity (Wildman–Crippen MR) is 113 cm³/mol. The molecule has 5 aliphatic rings. The van der Waals surface area contributed by atoms with Gasteiger partial charge in [0.05, 0.1) is 5.92 Å². The second-order valence-electron chi connectivity index (χ2n) is 10.6. The van der Waals surface area contributed by atoms with Crippen LogP contribution in [0, 0.1) is 34.9 Å². The van der Waals surface area contributed by atoms with Gasteiger partial charge in [-0.1, -0.05) is 0 Å². The maximum atomic E-state index is 13.2. The van der Waals surface area contributed by atoms with Crippen LogP contribution in [-0.4, -0.2) is 35.8 Å². The molecule has 162 valence electrons. The minimum absolute atomic E-state index is 0.106. The highest BCUT2D eigenvalue weighted by atomic mass is 19.1. The second kappa shape index (κ2) is 7.65. The predicted octanol–water partition coefficient (Wildman–Crippen LogP) is 4.40. The minimum atomic E-state index is -0.346. The van der Waals surface area contributed by atoms with E-state index < -0.39 is 0 Å². The van der Waals surface area contributed by atoms with Crippen LogP contribution in [0.4, 0.5) is 4.39 Å². The van der Waals surface area contributed by atoms with Crippen LogP contribution in [0.2, 0.25) is 0 Å². The first kappa shape index (κ1) is 20.0. The molecule has 1 N–H and O–H groups in total. The van der Waals surface area contributed by atoms with Gasteiger partial charge in [-0.2, -0.15) is 0 Å². The number of nitrogens with zero attached hydrogens (tertiary/aromatic N) is 1. The quantitative estimate of drug-likeness (QED) is 0.797. The van der Waals surface area contributed by atoms with Crippen LogP contribution in [0.25, 0.3) is 0 Å². The van der Waals surface area contributed by atoms with E-state index in [-0.39, 0.29) is 29.6 Å². The second-order valence-corrected chi connectivity index (χ2v) is 10.6. The van der Waals surface area contributed by atoms with E-state index >= 15 is 0 Å². The molecule has 0 radical (unpaired) electrons. The third kappa shape index (κ3) is 3.65. The maximum absolute atomic E-state index is 13.2. The monoisotopic (exact) mass is 412 g/mol. The zero-order valence-corrected chi connectivity index (χ0v) is 17.9. The fourth-order valence-corrected chi connectivity index (χ4v) is 7.34. The van der Waals surface area contributed by atoms with Crippen molar-refractivity contribution in [3.8, 4) is 0 Å². The zero-order chi connectivity index (χ0) is 20.9. The summed E-state index contributed by atoms with van der Waals surface area (Å²) >= 11 is 0. The number of hydrogen-bond acceptors (Lipinski definition) is 2. The van der Waals surface area contributed by atoms with Crippen LogP contribution in [0.5, 0.6) is 0 Å². The first-order valence-corrected chi connectivity index (χ1v) is 11.8. The molecule has 1 aromatic carbocycles. The van der Waals surface area contributed by atoms with E-state index in [1.165, 1.54) is 62.8 Å². The van der Waals surface area contributed by atoms with Crippen molar-refractivity contribution in [2.45, 2.75) is 64.3 Å². The smallest absolute Gasteiger partial charge is 0.253 e. The number of amides is 2. The molecule has 5 fully saturated rings. The van der Waals surface area contributed by atoms with Crippen molar-refractivity contribution in [2.75, 3.05) is 13.1 Å². The van der Waals surface area contributed by atoms with Gasteiger partial charge in [0.15, 0.2) is 0 Å². The Kier molecular flexibility index (Phi) is 5.11. The molecule has 4 saturated carbocycles. The summed E-state index contributed by atoms with van der Waals surface area (Å²) < 4.78 is 13.2. The topological polar surface area (TPSA) is 49.4 Å². The van der Waals surface area contributed by atoms with E-state index in [9.17, 15) is 14.0 Å². The summed E-state index contributed by atoms with van der Waals surface area (Å²) in [6.07, 6.45) is 9.71. The molecule has 4 bridgehead atoms. The van der Waals surface area contributed by atoms with E-state index in [1.807, 2.05) is 0 Å². The molecule has 1 aliphatic heterocycles. The van der Waals surface area contributed by atoms with Crippen LogP contribution in [0.1, 0.15) is 68.6 Å². The van der Waals surface area contributed by atoms with Gasteiger partial charge in [0.1, 0.15) is 5.82 Å². The first-order chi connectivity index (χ1) is 14.4. The molecule has 4 aliphatic carbocycles. The van der Waals surface area contributed by atoms with Crippen molar-refractivity contribution >= 4 is 11.8 Å². The van der Waals surface area contributed by atoms with Gasteiger partial charge < -0.3 is 10.2 Å². The molecule has 5 heteroatoms. The summed E-state index contributed by atoms with van der Waals surface area (Å²) in [6.45, 7) is 3.33. The van der Waals surface area contributed by atoms with E-state index in [4.69, 9.17) is 0 Å². The van der Waals surface area contributed by atoms with Crippen LogP contribution in [0.3, 0.4) is 0 Å². The molecule has 1 aromatic rings. The Hall–Kier alpha value is -1.91. The summed E-state index contributed by atoms with van der Waals surface area (Å²) in [5.41, 5.74) is 0.780. The van der Waals surface area contributed by atoms with E-state index in [2.05, 4.69) is 12.2 Å². The summed E-state index contributed by atoms with van der Waals surface area (Å²) in [5, 5.41) is 3.39. The molecule has 1 saturated heterocycles. The van der Waals surface area contributed by atoms with Crippen molar-refractivity contribution in [1.82, 2.24) is 10.2 Å². The van der Waals surface area contributed by atoms with Gasteiger partial charge in [0, 0.05) is 24.7 Å². The Morgan fingerprint density at radius 1 is 1.07 bits per heavy atom. The van der Waals surface area contributed by atoms with Crippen LogP contribution < -0.4 is 5.32 Å². The average Bonchev–Trinajstić information content (AvgIpc) is 2.73. The number of piperidine rings is 1. The molecule has 6 rings (SSSR count). The highest BCUT2D eigenvalue weighted by Crippen LogP contribution is 2.61. The molecule has 2 unspecified atom stereocenters. The van der Waals surface area contributed by atoms with Gasteiger partial charge in [-0.15, -0.1) is 0 Å². The molecule has 2 amide bonds. The maximum Gasteiger partial charge on any atom is 0.253 e. The van der Waals surface area contributed by atoms with Crippen molar-refractivity contribution in [3.63, 3.8) is 0 Å². The van der Waals surface area contributed by atoms with Crippen LogP contribution in [0.15, 0.2) is 24.3 Å². The van der Waals surface area contributed by atoms with Crippen molar-refractivity contribution in [1.29, 1.82) is 0 Å². The Morgan fingerprint density at radius 2 is 1.67 bits per heavy atom. The van der Waals surface area contributed by atoms with Crippen LogP contribution in [-0.2, 0) is 4.79 Å². The van der Waals surface area contributed by atoms with E-state index in [0.29, 0.717) is 24.1 Å². The van der Waals surface area contributed by atoms with Gasteiger partial charge in [0.2, 0.25) is 5.91 Å². The lowest BCUT2D eigenvalue weighted by Gasteiger charge is -2.59. The number of carbonyl (C=O) groups is 2. The molecule has 2 atom stereocenters. The van der Waals surface area contributed by atoms with Gasteiger partial charge in [-0.3, -0.25) is 9.59 Å². The number of benzene rings is 1. The largest absolute Gasteiger partial charge is 0.353 e. The number of hydrogen-bond donors (Lipinski definition) is 1. The number of nitrogens with one attached hydrogen (secondary N) is 1. The Labute approximate surface area is 178 Å². The Bertz CT molecular complexity index is 786. The fourth-order valence-electron chi connectivity index (χ4n) is 7.34. The summed E-state index contributed by atoms with van der Waals surface area (Å²) in [5.74, 6) is 2.11.